The Morgan fingerprint density at radius 2 is 2.05 bits per heavy atom. The largest absolute Gasteiger partial charge is 0.334 e. The average Bonchev–Trinajstić information content (AvgIpc) is 2.70. The summed E-state index contributed by atoms with van der Waals surface area (Å²) in [5, 5.41) is 1.66. The Morgan fingerprint density at radius 1 is 1.37 bits per heavy atom. The minimum absolute atomic E-state index is 0.0345. The SMILES string of the molecule is CN(C)NC(=O)C(C)(C)c1ccc2c(c1)ncn2C. The second-order valence-electron chi connectivity index (χ2n) is 5.52. The topological polar surface area (TPSA) is 50.2 Å². The summed E-state index contributed by atoms with van der Waals surface area (Å²) in [6, 6.07) is 5.96. The van der Waals surface area contributed by atoms with Crippen LogP contribution in [0.5, 0.6) is 0 Å². The number of fused-ring (bicyclic) bond motifs is 1. The predicted molar refractivity (Wildman–Crippen MR) is 75.6 cm³/mol. The number of hydrogen-bond donors (Lipinski definition) is 1. The zero-order valence-corrected chi connectivity index (χ0v) is 12.1. The van der Waals surface area contributed by atoms with Gasteiger partial charge in [-0.15, -0.1) is 0 Å². The van der Waals surface area contributed by atoms with Crippen molar-refractivity contribution in [2.75, 3.05) is 14.1 Å². The molecule has 0 unspecified atom stereocenters. The molecule has 0 radical (unpaired) electrons. The number of benzene rings is 1. The number of hydrazine groups is 1. The van der Waals surface area contributed by atoms with Gasteiger partial charge in [-0.25, -0.2) is 9.99 Å². The smallest absolute Gasteiger partial charge is 0.244 e. The van der Waals surface area contributed by atoms with Crippen molar-refractivity contribution in [3.8, 4) is 0 Å². The van der Waals surface area contributed by atoms with E-state index < -0.39 is 5.41 Å². The Bertz CT molecular complexity index is 613. The van der Waals surface area contributed by atoms with Crippen LogP contribution in [0.4, 0.5) is 0 Å². The highest BCUT2D eigenvalue weighted by atomic mass is 16.2. The lowest BCUT2D eigenvalue weighted by atomic mass is 9.83. The fourth-order valence-corrected chi connectivity index (χ4v) is 2.00. The second kappa shape index (κ2) is 4.66. The van der Waals surface area contributed by atoms with Gasteiger partial charge >= 0.3 is 0 Å². The summed E-state index contributed by atoms with van der Waals surface area (Å²) in [5.41, 5.74) is 5.13. The van der Waals surface area contributed by atoms with Gasteiger partial charge < -0.3 is 4.57 Å². The van der Waals surface area contributed by atoms with Crippen molar-refractivity contribution >= 4 is 16.9 Å². The number of nitrogens with one attached hydrogen (secondary N) is 1. The van der Waals surface area contributed by atoms with E-state index in [2.05, 4.69) is 10.4 Å². The Labute approximate surface area is 113 Å². The van der Waals surface area contributed by atoms with Crippen LogP contribution < -0.4 is 5.43 Å². The molecular formula is C14H20N4O. The Kier molecular flexibility index (Phi) is 3.32. The van der Waals surface area contributed by atoms with Crippen molar-refractivity contribution in [2.24, 2.45) is 7.05 Å². The van der Waals surface area contributed by atoms with E-state index in [4.69, 9.17) is 0 Å². The number of rotatable bonds is 3. The summed E-state index contributed by atoms with van der Waals surface area (Å²) < 4.78 is 1.96. The van der Waals surface area contributed by atoms with Gasteiger partial charge in [0.15, 0.2) is 0 Å². The zero-order chi connectivity index (χ0) is 14.2. The van der Waals surface area contributed by atoms with E-state index in [-0.39, 0.29) is 5.91 Å². The molecule has 2 rings (SSSR count). The lowest BCUT2D eigenvalue weighted by Gasteiger charge is -2.26. The Hall–Kier alpha value is -1.88. The third kappa shape index (κ3) is 2.46. The highest BCUT2D eigenvalue weighted by Crippen LogP contribution is 2.26. The Balaban J connectivity index is 2.39. The fourth-order valence-electron chi connectivity index (χ4n) is 2.00. The van der Waals surface area contributed by atoms with Gasteiger partial charge in [0.2, 0.25) is 5.91 Å². The molecule has 19 heavy (non-hydrogen) atoms. The minimum Gasteiger partial charge on any atom is -0.334 e. The fraction of sp³-hybridized carbons (Fsp3) is 0.429. The van der Waals surface area contributed by atoms with Crippen LogP contribution in [-0.4, -0.2) is 34.6 Å². The van der Waals surface area contributed by atoms with Gasteiger partial charge in [-0.3, -0.25) is 10.2 Å². The molecule has 1 heterocycles. The third-order valence-corrected chi connectivity index (χ3v) is 3.34. The number of carbonyl (C=O) groups excluding carboxylic acids is 1. The summed E-state index contributed by atoms with van der Waals surface area (Å²) in [6.45, 7) is 3.83. The molecule has 0 aliphatic rings. The number of aromatic nitrogens is 2. The summed E-state index contributed by atoms with van der Waals surface area (Å²) in [5.74, 6) is -0.0345. The number of amides is 1. The zero-order valence-electron chi connectivity index (χ0n) is 12.1. The van der Waals surface area contributed by atoms with Crippen molar-refractivity contribution in [2.45, 2.75) is 19.3 Å². The van der Waals surface area contributed by atoms with Gasteiger partial charge in [0, 0.05) is 21.1 Å². The summed E-state index contributed by atoms with van der Waals surface area (Å²) >= 11 is 0. The van der Waals surface area contributed by atoms with Crippen LogP contribution in [-0.2, 0) is 17.3 Å². The van der Waals surface area contributed by atoms with Crippen LogP contribution in [0.1, 0.15) is 19.4 Å². The maximum atomic E-state index is 12.2. The van der Waals surface area contributed by atoms with Crippen LogP contribution in [0.25, 0.3) is 11.0 Å². The van der Waals surface area contributed by atoms with E-state index in [0.29, 0.717) is 0 Å². The van der Waals surface area contributed by atoms with Crippen molar-refractivity contribution in [1.29, 1.82) is 0 Å². The van der Waals surface area contributed by atoms with Crippen LogP contribution in [0.3, 0.4) is 0 Å². The molecule has 0 spiro atoms. The van der Waals surface area contributed by atoms with Gasteiger partial charge in [0.1, 0.15) is 0 Å². The lowest BCUT2D eigenvalue weighted by molar-refractivity contribution is -0.129. The van der Waals surface area contributed by atoms with Crippen LogP contribution in [0.15, 0.2) is 24.5 Å². The highest BCUT2D eigenvalue weighted by molar-refractivity contribution is 5.88. The average molecular weight is 260 g/mol. The quantitative estimate of drug-likeness (QED) is 0.850. The van der Waals surface area contributed by atoms with Crippen molar-refractivity contribution < 1.29 is 4.79 Å². The monoisotopic (exact) mass is 260 g/mol. The standard InChI is InChI=1S/C14H20N4O/c1-14(2,13(19)16-17(3)4)10-6-7-12-11(8-10)15-9-18(12)5/h6-9H,1-5H3,(H,16,19). The first-order chi connectivity index (χ1) is 8.82. The van der Waals surface area contributed by atoms with E-state index in [1.165, 1.54) is 0 Å². The highest BCUT2D eigenvalue weighted by Gasteiger charge is 2.30. The third-order valence-electron chi connectivity index (χ3n) is 3.34. The van der Waals surface area contributed by atoms with E-state index in [0.717, 1.165) is 16.6 Å². The molecule has 0 bridgehead atoms. The maximum absolute atomic E-state index is 12.2. The predicted octanol–water partition coefficient (Wildman–Crippen LogP) is 1.44. The molecule has 1 aromatic heterocycles. The van der Waals surface area contributed by atoms with Gasteiger partial charge in [-0.1, -0.05) is 6.07 Å². The molecule has 102 valence electrons. The molecule has 5 heteroatoms. The van der Waals surface area contributed by atoms with Crippen LogP contribution >= 0.6 is 0 Å². The molecule has 1 amide bonds. The van der Waals surface area contributed by atoms with E-state index in [1.54, 1.807) is 25.4 Å². The normalized spacial score (nSPS) is 12.1. The summed E-state index contributed by atoms with van der Waals surface area (Å²) in [4.78, 5) is 16.6. The van der Waals surface area contributed by atoms with Gasteiger partial charge in [-0.2, -0.15) is 0 Å². The van der Waals surface area contributed by atoms with Gasteiger partial charge in [-0.05, 0) is 31.5 Å². The molecule has 2 aromatic rings. The summed E-state index contributed by atoms with van der Waals surface area (Å²) in [7, 11) is 5.56. The molecule has 0 aliphatic heterocycles. The van der Waals surface area contributed by atoms with Gasteiger partial charge in [0.25, 0.3) is 0 Å². The van der Waals surface area contributed by atoms with E-state index >= 15 is 0 Å². The molecular weight excluding hydrogens is 240 g/mol. The van der Waals surface area contributed by atoms with Crippen LogP contribution in [0.2, 0.25) is 0 Å². The van der Waals surface area contributed by atoms with E-state index in [1.807, 2.05) is 43.7 Å². The Morgan fingerprint density at radius 3 is 2.68 bits per heavy atom. The van der Waals surface area contributed by atoms with Crippen LogP contribution in [0, 0.1) is 0 Å². The molecule has 5 nitrogen and oxygen atoms in total. The summed E-state index contributed by atoms with van der Waals surface area (Å²) in [6.07, 6.45) is 1.78. The second-order valence-corrected chi connectivity index (χ2v) is 5.52. The molecule has 0 atom stereocenters. The first kappa shape index (κ1) is 13.5. The number of imidazole rings is 1. The molecule has 0 saturated carbocycles. The first-order valence-electron chi connectivity index (χ1n) is 6.22. The maximum Gasteiger partial charge on any atom is 0.244 e. The number of hydrogen-bond acceptors (Lipinski definition) is 3. The number of aryl methyl sites for hydroxylation is 1. The van der Waals surface area contributed by atoms with Crippen molar-refractivity contribution in [3.05, 3.63) is 30.1 Å². The van der Waals surface area contributed by atoms with Crippen molar-refractivity contribution in [3.63, 3.8) is 0 Å². The van der Waals surface area contributed by atoms with Crippen molar-refractivity contribution in [1.82, 2.24) is 20.0 Å². The number of nitrogens with zero attached hydrogens (tertiary/aromatic N) is 3. The van der Waals surface area contributed by atoms with E-state index in [9.17, 15) is 4.79 Å². The van der Waals surface area contributed by atoms with Gasteiger partial charge in [0.05, 0.1) is 22.8 Å². The molecule has 0 saturated heterocycles. The molecule has 0 fully saturated rings. The molecule has 0 aliphatic carbocycles. The molecule has 1 N–H and O–H groups in total. The minimum atomic E-state index is -0.601. The molecule has 1 aromatic carbocycles. The number of carbonyl (C=O) groups is 1. The lowest BCUT2D eigenvalue weighted by Crippen LogP contribution is -2.46. The first-order valence-corrected chi connectivity index (χ1v) is 6.22.